The van der Waals surface area contributed by atoms with Gasteiger partial charge in [0.1, 0.15) is 0 Å². The zero-order valence-electron chi connectivity index (χ0n) is 13.4. The van der Waals surface area contributed by atoms with E-state index in [2.05, 4.69) is 0 Å². The molecule has 1 aliphatic heterocycles. The van der Waals surface area contributed by atoms with Crippen molar-refractivity contribution >= 4 is 16.7 Å². The van der Waals surface area contributed by atoms with Gasteiger partial charge in [-0.05, 0) is 24.4 Å². The molecule has 3 rings (SSSR count). The number of phenols is 1. The standard InChI is InChI=1S/C17H16O7/c1-4-21-17(3)23-12-8-10-6-5-7-11(22-9(2)18)14(19)13(10)15(20)16(12)24-17/h5-8,20H,4H2,1-3H3. The molecule has 7 heteroatoms. The normalized spacial score (nSPS) is 18.6. The van der Waals surface area contributed by atoms with Gasteiger partial charge in [-0.15, -0.1) is 0 Å². The topological polar surface area (TPSA) is 91.3 Å². The van der Waals surface area contributed by atoms with Gasteiger partial charge in [0.25, 0.3) is 0 Å². The van der Waals surface area contributed by atoms with Crippen LogP contribution in [0.4, 0.5) is 0 Å². The average Bonchev–Trinajstić information content (AvgIpc) is 2.74. The zero-order chi connectivity index (χ0) is 17.5. The van der Waals surface area contributed by atoms with Crippen LogP contribution in [0.2, 0.25) is 0 Å². The fraction of sp³-hybridized carbons (Fsp3) is 0.294. The summed E-state index contributed by atoms with van der Waals surface area (Å²) >= 11 is 0. The van der Waals surface area contributed by atoms with Crippen molar-refractivity contribution in [1.29, 1.82) is 0 Å². The number of carbonyl (C=O) groups excluding carboxylic acids is 1. The van der Waals surface area contributed by atoms with E-state index in [-0.39, 0.29) is 28.4 Å². The molecule has 1 aliphatic rings. The Kier molecular flexibility index (Phi) is 3.81. The number of benzene rings is 1. The summed E-state index contributed by atoms with van der Waals surface area (Å²) < 4.78 is 21.4. The van der Waals surface area contributed by atoms with E-state index < -0.39 is 17.4 Å². The van der Waals surface area contributed by atoms with Gasteiger partial charge in [0.05, 0.1) is 12.0 Å². The van der Waals surface area contributed by atoms with Gasteiger partial charge < -0.3 is 24.1 Å². The van der Waals surface area contributed by atoms with Crippen LogP contribution in [0, 0.1) is 0 Å². The van der Waals surface area contributed by atoms with Crippen molar-refractivity contribution in [3.8, 4) is 23.0 Å². The molecular weight excluding hydrogens is 316 g/mol. The summed E-state index contributed by atoms with van der Waals surface area (Å²) in [5, 5.41) is 10.9. The highest BCUT2D eigenvalue weighted by atomic mass is 16.9. The summed E-state index contributed by atoms with van der Waals surface area (Å²) in [5.74, 6) is -2.31. The summed E-state index contributed by atoms with van der Waals surface area (Å²) in [4.78, 5) is 23.8. The van der Waals surface area contributed by atoms with Crippen molar-refractivity contribution < 1.29 is 28.8 Å². The quantitative estimate of drug-likeness (QED) is 0.862. The van der Waals surface area contributed by atoms with Crippen molar-refractivity contribution in [1.82, 2.24) is 0 Å². The average molecular weight is 332 g/mol. The molecular formula is C17H16O7. The van der Waals surface area contributed by atoms with Crippen LogP contribution >= 0.6 is 0 Å². The first-order valence-corrected chi connectivity index (χ1v) is 7.38. The van der Waals surface area contributed by atoms with Crippen LogP contribution in [-0.2, 0) is 9.53 Å². The summed E-state index contributed by atoms with van der Waals surface area (Å²) in [6, 6.07) is 6.07. The maximum absolute atomic E-state index is 12.6. The molecule has 0 radical (unpaired) electrons. The predicted molar refractivity (Wildman–Crippen MR) is 84.5 cm³/mol. The fourth-order valence-electron chi connectivity index (χ4n) is 2.59. The van der Waals surface area contributed by atoms with Gasteiger partial charge in [-0.3, -0.25) is 9.59 Å². The maximum Gasteiger partial charge on any atom is 0.369 e. The highest BCUT2D eigenvalue weighted by Gasteiger charge is 2.40. The number of carbonyl (C=O) groups is 1. The minimum Gasteiger partial charge on any atom is -0.504 e. The molecule has 24 heavy (non-hydrogen) atoms. The molecule has 0 fully saturated rings. The van der Waals surface area contributed by atoms with Gasteiger partial charge in [0, 0.05) is 13.8 Å². The molecule has 126 valence electrons. The third-order valence-electron chi connectivity index (χ3n) is 3.47. The van der Waals surface area contributed by atoms with Crippen LogP contribution in [0.1, 0.15) is 20.8 Å². The van der Waals surface area contributed by atoms with Crippen LogP contribution in [0.3, 0.4) is 0 Å². The molecule has 0 bridgehead atoms. The predicted octanol–water partition coefficient (Wildman–Crippen LogP) is 2.31. The lowest BCUT2D eigenvalue weighted by Crippen LogP contribution is -2.37. The second kappa shape index (κ2) is 5.68. The molecule has 0 amide bonds. The van der Waals surface area contributed by atoms with Crippen molar-refractivity contribution in [3.05, 3.63) is 34.5 Å². The zero-order valence-corrected chi connectivity index (χ0v) is 13.4. The van der Waals surface area contributed by atoms with Gasteiger partial charge >= 0.3 is 11.9 Å². The van der Waals surface area contributed by atoms with Crippen molar-refractivity contribution in [3.63, 3.8) is 0 Å². The van der Waals surface area contributed by atoms with Crippen LogP contribution in [0.25, 0.3) is 10.8 Å². The van der Waals surface area contributed by atoms with Crippen LogP contribution < -0.4 is 19.6 Å². The number of rotatable bonds is 3. The third kappa shape index (κ3) is 2.63. The minimum atomic E-state index is -1.38. The Hall–Kier alpha value is -2.80. The second-order valence-corrected chi connectivity index (χ2v) is 5.33. The molecule has 1 unspecified atom stereocenters. The monoisotopic (exact) mass is 332 g/mol. The lowest BCUT2D eigenvalue weighted by Gasteiger charge is -2.21. The fourth-order valence-corrected chi connectivity index (χ4v) is 2.59. The van der Waals surface area contributed by atoms with Crippen molar-refractivity contribution in [2.75, 3.05) is 6.61 Å². The van der Waals surface area contributed by atoms with E-state index in [1.54, 1.807) is 32.0 Å². The number of aromatic hydroxyl groups is 1. The lowest BCUT2D eigenvalue weighted by atomic mass is 10.1. The molecule has 2 aromatic rings. The Labute approximate surface area is 137 Å². The number of fused-ring (bicyclic) bond motifs is 2. The Morgan fingerprint density at radius 3 is 2.75 bits per heavy atom. The van der Waals surface area contributed by atoms with Gasteiger partial charge in [0.2, 0.25) is 11.2 Å². The Balaban J connectivity index is 2.23. The second-order valence-electron chi connectivity index (χ2n) is 5.33. The first kappa shape index (κ1) is 16.1. The summed E-state index contributed by atoms with van der Waals surface area (Å²) in [5.41, 5.74) is -0.626. The molecule has 2 aromatic carbocycles. The van der Waals surface area contributed by atoms with E-state index in [1.165, 1.54) is 13.0 Å². The van der Waals surface area contributed by atoms with Gasteiger partial charge in [-0.2, -0.15) is 0 Å². The van der Waals surface area contributed by atoms with Crippen molar-refractivity contribution in [2.45, 2.75) is 26.7 Å². The van der Waals surface area contributed by atoms with Crippen molar-refractivity contribution in [2.24, 2.45) is 0 Å². The highest BCUT2D eigenvalue weighted by Crippen LogP contribution is 2.48. The Morgan fingerprint density at radius 2 is 2.08 bits per heavy atom. The Bertz CT molecular complexity index is 890. The smallest absolute Gasteiger partial charge is 0.369 e. The first-order chi connectivity index (χ1) is 11.3. The van der Waals surface area contributed by atoms with E-state index in [9.17, 15) is 14.7 Å². The van der Waals surface area contributed by atoms with E-state index in [0.717, 1.165) is 0 Å². The summed E-state index contributed by atoms with van der Waals surface area (Å²) in [6.45, 7) is 4.86. The SMILES string of the molecule is CCOC1(C)Oc2cc3cccc(OC(C)=O)c(=O)c3c(O)c2O1. The number of esters is 1. The van der Waals surface area contributed by atoms with E-state index in [0.29, 0.717) is 12.0 Å². The summed E-state index contributed by atoms with van der Waals surface area (Å²) in [6.07, 6.45) is 0. The third-order valence-corrected chi connectivity index (χ3v) is 3.47. The van der Waals surface area contributed by atoms with Crippen LogP contribution in [0.15, 0.2) is 29.1 Å². The number of phenolic OH excluding ortho intramolecular Hbond substituents is 1. The largest absolute Gasteiger partial charge is 0.504 e. The van der Waals surface area contributed by atoms with E-state index in [1.807, 2.05) is 0 Å². The molecule has 7 nitrogen and oxygen atoms in total. The van der Waals surface area contributed by atoms with Crippen LogP contribution in [-0.4, -0.2) is 23.7 Å². The molecule has 1 heterocycles. The molecule has 0 saturated heterocycles. The Morgan fingerprint density at radius 1 is 1.33 bits per heavy atom. The van der Waals surface area contributed by atoms with Gasteiger partial charge in [-0.25, -0.2) is 0 Å². The van der Waals surface area contributed by atoms with E-state index in [4.69, 9.17) is 18.9 Å². The summed E-state index contributed by atoms with van der Waals surface area (Å²) in [7, 11) is 0. The first-order valence-electron chi connectivity index (χ1n) is 7.38. The minimum absolute atomic E-state index is 0.00975. The molecule has 0 aliphatic carbocycles. The number of hydrogen-bond donors (Lipinski definition) is 1. The lowest BCUT2D eigenvalue weighted by molar-refractivity contribution is -0.266. The number of ether oxygens (including phenoxy) is 4. The molecule has 0 aromatic heterocycles. The maximum atomic E-state index is 12.6. The van der Waals surface area contributed by atoms with E-state index >= 15 is 0 Å². The van der Waals surface area contributed by atoms with Crippen LogP contribution in [0.5, 0.6) is 23.0 Å². The van der Waals surface area contributed by atoms with Gasteiger partial charge in [0.15, 0.2) is 17.2 Å². The highest BCUT2D eigenvalue weighted by molar-refractivity contribution is 5.93. The molecule has 1 atom stereocenters. The number of hydrogen-bond acceptors (Lipinski definition) is 7. The van der Waals surface area contributed by atoms with Gasteiger partial charge in [-0.1, -0.05) is 12.1 Å². The molecule has 0 spiro atoms. The molecule has 0 saturated carbocycles. The molecule has 1 N–H and O–H groups in total.